The summed E-state index contributed by atoms with van der Waals surface area (Å²) >= 11 is 0. The van der Waals surface area contributed by atoms with Gasteiger partial charge in [0.15, 0.2) is 6.10 Å². The third kappa shape index (κ3) is 58.6. The normalized spacial score (nSPS) is 13.5. The molecule has 0 spiro atoms. The van der Waals surface area contributed by atoms with Crippen molar-refractivity contribution in [1.82, 2.24) is 0 Å². The fourth-order valence-electron chi connectivity index (χ4n) is 8.60. The number of esters is 2. The third-order valence-electron chi connectivity index (χ3n) is 13.1. The Kier molecular flexibility index (Phi) is 56.7. The Bertz CT molecular complexity index is 1420. The van der Waals surface area contributed by atoms with E-state index in [1.165, 1.54) is 180 Å². The second-order valence-corrected chi connectivity index (χ2v) is 21.6. The van der Waals surface area contributed by atoms with E-state index in [0.29, 0.717) is 6.42 Å². The minimum atomic E-state index is -4.39. The summed E-state index contributed by atoms with van der Waals surface area (Å²) < 4.78 is 33.1. The predicted octanol–water partition coefficient (Wildman–Crippen LogP) is 19.3. The first-order valence-corrected chi connectivity index (χ1v) is 31.9. The van der Waals surface area contributed by atoms with Gasteiger partial charge in [-0.15, -0.1) is 0 Å². The number of hydrogen-bond donors (Lipinski definition) is 2. The van der Waals surface area contributed by atoms with E-state index in [1.54, 1.807) is 0 Å². The van der Waals surface area contributed by atoms with Crippen LogP contribution < -0.4 is 5.73 Å². The molecule has 0 aliphatic rings. The quantitative estimate of drug-likeness (QED) is 0.0264. The molecule has 0 aromatic heterocycles. The summed E-state index contributed by atoms with van der Waals surface area (Å²) in [5.41, 5.74) is 5.39. The molecule has 2 atom stereocenters. The van der Waals surface area contributed by atoms with Crippen molar-refractivity contribution in [3.8, 4) is 0 Å². The smallest absolute Gasteiger partial charge is 0.462 e. The summed E-state index contributed by atoms with van der Waals surface area (Å²) in [6.45, 7) is 3.65. The van der Waals surface area contributed by atoms with Crippen LogP contribution in [0.5, 0.6) is 0 Å². The molecular formula is C63H114NO8P. The highest BCUT2D eigenvalue weighted by Gasteiger charge is 2.26. The first-order valence-electron chi connectivity index (χ1n) is 30.4. The van der Waals surface area contributed by atoms with E-state index in [2.05, 4.69) is 86.8 Å². The molecule has 0 fully saturated rings. The molecular weight excluding hydrogens is 930 g/mol. The van der Waals surface area contributed by atoms with Crippen LogP contribution in [0.1, 0.15) is 284 Å². The fourth-order valence-corrected chi connectivity index (χ4v) is 9.37. The van der Waals surface area contributed by atoms with Crippen LogP contribution in [-0.2, 0) is 32.7 Å². The van der Waals surface area contributed by atoms with Gasteiger partial charge in [0.1, 0.15) is 6.61 Å². The summed E-state index contributed by atoms with van der Waals surface area (Å²) in [6, 6.07) is 0. The lowest BCUT2D eigenvalue weighted by atomic mass is 10.0. The van der Waals surface area contributed by atoms with E-state index in [0.717, 1.165) is 70.6 Å². The average Bonchev–Trinajstić information content (AvgIpc) is 3.38. The molecule has 424 valence electrons. The largest absolute Gasteiger partial charge is 0.472 e. The van der Waals surface area contributed by atoms with Gasteiger partial charge in [-0.2, -0.15) is 0 Å². The summed E-state index contributed by atoms with van der Waals surface area (Å²) in [6.07, 6.45) is 75.4. The number of phosphoric acid groups is 1. The number of nitrogens with two attached hydrogens (primary N) is 1. The van der Waals surface area contributed by atoms with Gasteiger partial charge in [-0.25, -0.2) is 4.57 Å². The molecule has 0 aliphatic carbocycles. The number of carbonyl (C=O) groups is 2. The topological polar surface area (TPSA) is 134 Å². The maximum absolute atomic E-state index is 12.7. The van der Waals surface area contributed by atoms with E-state index in [4.69, 9.17) is 24.3 Å². The molecule has 2 unspecified atom stereocenters. The van der Waals surface area contributed by atoms with Crippen molar-refractivity contribution < 1.29 is 37.6 Å². The van der Waals surface area contributed by atoms with Crippen molar-refractivity contribution in [3.63, 3.8) is 0 Å². The lowest BCUT2D eigenvalue weighted by Crippen LogP contribution is -2.29. The Labute approximate surface area is 450 Å². The Hall–Kier alpha value is -2.55. The summed E-state index contributed by atoms with van der Waals surface area (Å²) in [7, 11) is -4.39. The van der Waals surface area contributed by atoms with Gasteiger partial charge in [-0.3, -0.25) is 18.6 Å². The SMILES string of the molecule is CC/C=C\C/C=C\C/C=C\C/C=C\CCCCCCCCCCCCCCCCCCCCC(=O)OC(COC(=O)CCCCCCCCCCC/C=C\C/C=C\CCCCCCC)COP(=O)(O)OCCN. The molecule has 0 bridgehead atoms. The van der Waals surface area contributed by atoms with E-state index in [9.17, 15) is 19.0 Å². The van der Waals surface area contributed by atoms with Crippen LogP contribution in [-0.4, -0.2) is 49.3 Å². The molecule has 0 rings (SSSR count). The average molecular weight is 1040 g/mol. The molecule has 0 heterocycles. The van der Waals surface area contributed by atoms with Gasteiger partial charge in [0, 0.05) is 19.4 Å². The zero-order chi connectivity index (χ0) is 53.1. The number of hydrogen-bond acceptors (Lipinski definition) is 8. The van der Waals surface area contributed by atoms with E-state index < -0.39 is 26.5 Å². The van der Waals surface area contributed by atoms with Crippen LogP contribution in [0.15, 0.2) is 72.9 Å². The summed E-state index contributed by atoms with van der Waals surface area (Å²) in [5.74, 6) is -0.823. The predicted molar refractivity (Wildman–Crippen MR) is 312 cm³/mol. The molecule has 73 heavy (non-hydrogen) atoms. The lowest BCUT2D eigenvalue weighted by Gasteiger charge is -2.19. The van der Waals surface area contributed by atoms with Crippen molar-refractivity contribution in [3.05, 3.63) is 72.9 Å². The molecule has 0 amide bonds. The van der Waals surface area contributed by atoms with Gasteiger partial charge in [0.05, 0.1) is 13.2 Å². The molecule has 3 N–H and O–H groups in total. The monoisotopic (exact) mass is 1040 g/mol. The Balaban J connectivity index is 3.92. The molecule has 0 aromatic carbocycles. The van der Waals surface area contributed by atoms with Gasteiger partial charge < -0.3 is 20.1 Å². The van der Waals surface area contributed by atoms with Gasteiger partial charge >= 0.3 is 19.8 Å². The van der Waals surface area contributed by atoms with Crippen molar-refractivity contribution in [2.24, 2.45) is 5.73 Å². The van der Waals surface area contributed by atoms with Crippen molar-refractivity contribution in [2.45, 2.75) is 290 Å². The van der Waals surface area contributed by atoms with Crippen LogP contribution >= 0.6 is 7.82 Å². The van der Waals surface area contributed by atoms with Crippen LogP contribution in [0.4, 0.5) is 0 Å². The molecule has 9 nitrogen and oxygen atoms in total. The molecule has 0 saturated carbocycles. The van der Waals surface area contributed by atoms with Crippen LogP contribution in [0.25, 0.3) is 0 Å². The van der Waals surface area contributed by atoms with Gasteiger partial charge in [-0.1, -0.05) is 260 Å². The van der Waals surface area contributed by atoms with Gasteiger partial charge in [0.25, 0.3) is 0 Å². The van der Waals surface area contributed by atoms with Crippen molar-refractivity contribution >= 4 is 19.8 Å². The second-order valence-electron chi connectivity index (χ2n) is 20.2. The minimum Gasteiger partial charge on any atom is -0.462 e. The van der Waals surface area contributed by atoms with Crippen molar-refractivity contribution in [1.29, 1.82) is 0 Å². The number of ether oxygens (including phenoxy) is 2. The van der Waals surface area contributed by atoms with E-state index in [-0.39, 0.29) is 38.6 Å². The molecule has 0 aliphatic heterocycles. The van der Waals surface area contributed by atoms with Crippen LogP contribution in [0.3, 0.4) is 0 Å². The van der Waals surface area contributed by atoms with Gasteiger partial charge in [-0.05, 0) is 83.5 Å². The Morgan fingerprint density at radius 2 is 0.753 bits per heavy atom. The standard InChI is InChI=1S/C63H114NO8P/c1-3-5-7-9-11-13-15-17-19-21-23-25-26-27-28-29-30-31-32-33-34-36-38-40-42-44-46-48-50-52-54-56-63(66)72-61(60-71-73(67,68)70-58-57-64)59-69-62(65)55-53-51-49-47-45-43-41-39-37-35-24-22-20-18-16-14-12-10-8-6-4-2/h5,7,11,13,16-19,22-25,61H,3-4,6,8-10,12,14-15,20-21,26-60,64H2,1-2H3,(H,67,68)/b7-5-,13-11-,18-16-,19-17-,24-22-,25-23-. The highest BCUT2D eigenvalue weighted by molar-refractivity contribution is 7.47. The lowest BCUT2D eigenvalue weighted by molar-refractivity contribution is -0.161. The zero-order valence-electron chi connectivity index (χ0n) is 47.4. The van der Waals surface area contributed by atoms with Gasteiger partial charge in [0.2, 0.25) is 0 Å². The molecule has 0 radical (unpaired) electrons. The maximum Gasteiger partial charge on any atom is 0.472 e. The maximum atomic E-state index is 12.7. The Morgan fingerprint density at radius 3 is 1.12 bits per heavy atom. The number of phosphoric ester groups is 1. The fraction of sp³-hybridized carbons (Fsp3) is 0.778. The molecule has 10 heteroatoms. The van der Waals surface area contributed by atoms with Crippen LogP contribution in [0, 0.1) is 0 Å². The molecule has 0 aromatic rings. The highest BCUT2D eigenvalue weighted by Crippen LogP contribution is 2.43. The van der Waals surface area contributed by atoms with Crippen molar-refractivity contribution in [2.75, 3.05) is 26.4 Å². The van der Waals surface area contributed by atoms with Crippen LogP contribution in [0.2, 0.25) is 0 Å². The summed E-state index contributed by atoms with van der Waals surface area (Å²) in [5, 5.41) is 0. The second kappa shape index (κ2) is 58.7. The first kappa shape index (κ1) is 70.5. The Morgan fingerprint density at radius 1 is 0.425 bits per heavy atom. The minimum absolute atomic E-state index is 0.0518. The number of carbonyl (C=O) groups excluding carboxylic acids is 2. The van der Waals surface area contributed by atoms with E-state index >= 15 is 0 Å². The molecule has 0 saturated heterocycles. The zero-order valence-corrected chi connectivity index (χ0v) is 48.3. The summed E-state index contributed by atoms with van der Waals surface area (Å²) in [4.78, 5) is 35.2. The third-order valence-corrected chi connectivity index (χ3v) is 14.1. The highest BCUT2D eigenvalue weighted by atomic mass is 31.2. The number of unbranched alkanes of at least 4 members (excludes halogenated alkanes) is 32. The van der Waals surface area contributed by atoms with E-state index in [1.807, 2.05) is 0 Å². The number of rotatable bonds is 57. The first-order chi connectivity index (χ1) is 35.8. The number of allylic oxidation sites excluding steroid dienone is 12.